The second-order valence-electron chi connectivity index (χ2n) is 7.25. The van der Waals surface area contributed by atoms with Crippen LogP contribution in [0.25, 0.3) is 0 Å². The lowest BCUT2D eigenvalue weighted by molar-refractivity contribution is 0.151. The van der Waals surface area contributed by atoms with Gasteiger partial charge in [0, 0.05) is 30.2 Å². The molecule has 0 amide bonds. The molecule has 1 aliphatic rings. The van der Waals surface area contributed by atoms with Gasteiger partial charge in [0.05, 0.1) is 7.11 Å². The minimum Gasteiger partial charge on any atom is -0.496 e. The normalized spacial score (nSPS) is 16.1. The molecular formula is C18H30N2O. The highest BCUT2D eigenvalue weighted by atomic mass is 16.5. The molecular weight excluding hydrogens is 260 g/mol. The molecule has 1 aromatic rings. The summed E-state index contributed by atoms with van der Waals surface area (Å²) in [6.07, 6.45) is 4.05. The summed E-state index contributed by atoms with van der Waals surface area (Å²) in [5.41, 5.74) is 2.76. The maximum Gasteiger partial charge on any atom is 0.123 e. The van der Waals surface area contributed by atoms with Gasteiger partial charge in [0.25, 0.3) is 0 Å². The topological polar surface area (TPSA) is 24.5 Å². The van der Waals surface area contributed by atoms with E-state index in [-0.39, 0.29) is 5.54 Å². The van der Waals surface area contributed by atoms with Gasteiger partial charge in [-0.25, -0.2) is 0 Å². The zero-order chi connectivity index (χ0) is 15.5. The number of nitrogens with zero attached hydrogens (tertiary/aromatic N) is 1. The Morgan fingerprint density at radius 2 is 2.00 bits per heavy atom. The molecule has 21 heavy (non-hydrogen) atoms. The van der Waals surface area contributed by atoms with Gasteiger partial charge in [0.15, 0.2) is 0 Å². The van der Waals surface area contributed by atoms with Crippen LogP contribution < -0.4 is 10.1 Å². The van der Waals surface area contributed by atoms with Crippen LogP contribution >= 0.6 is 0 Å². The van der Waals surface area contributed by atoms with Crippen LogP contribution in [0.5, 0.6) is 5.75 Å². The van der Waals surface area contributed by atoms with Gasteiger partial charge in [-0.15, -0.1) is 0 Å². The van der Waals surface area contributed by atoms with Crippen LogP contribution in [0.2, 0.25) is 0 Å². The third-order valence-electron chi connectivity index (χ3n) is 4.29. The Bertz CT molecular complexity index is 461. The minimum atomic E-state index is 0.142. The van der Waals surface area contributed by atoms with Crippen LogP contribution in [0.15, 0.2) is 18.2 Å². The molecule has 3 heteroatoms. The Labute approximate surface area is 129 Å². The molecule has 118 valence electrons. The SMILES string of the molecule is COc1ccc(CNC(C)(C)C)cc1CN(C)C1CCC1. The zero-order valence-electron chi connectivity index (χ0n) is 14.2. The Morgan fingerprint density at radius 3 is 2.52 bits per heavy atom. The fourth-order valence-corrected chi connectivity index (χ4v) is 2.66. The molecule has 2 rings (SSSR count). The lowest BCUT2D eigenvalue weighted by Gasteiger charge is -2.35. The maximum atomic E-state index is 5.53. The molecule has 0 radical (unpaired) electrons. The predicted molar refractivity (Wildman–Crippen MR) is 88.7 cm³/mol. The zero-order valence-corrected chi connectivity index (χ0v) is 14.2. The first-order valence-electron chi connectivity index (χ1n) is 8.00. The van der Waals surface area contributed by atoms with Crippen molar-refractivity contribution < 1.29 is 4.74 Å². The third-order valence-corrected chi connectivity index (χ3v) is 4.29. The predicted octanol–water partition coefficient (Wildman–Crippen LogP) is 3.57. The van der Waals surface area contributed by atoms with Crippen molar-refractivity contribution in [1.82, 2.24) is 10.2 Å². The summed E-state index contributed by atoms with van der Waals surface area (Å²) in [6, 6.07) is 7.30. The van der Waals surface area contributed by atoms with Crippen molar-refractivity contribution in [2.24, 2.45) is 0 Å². The number of nitrogens with one attached hydrogen (secondary N) is 1. The van der Waals surface area contributed by atoms with Gasteiger partial charge in [-0.1, -0.05) is 12.5 Å². The van der Waals surface area contributed by atoms with Gasteiger partial charge in [-0.2, -0.15) is 0 Å². The van der Waals surface area contributed by atoms with Crippen LogP contribution in [-0.4, -0.2) is 30.6 Å². The monoisotopic (exact) mass is 290 g/mol. The molecule has 0 spiro atoms. The second kappa shape index (κ2) is 6.80. The standard InChI is InChI=1S/C18H30N2O/c1-18(2,3)19-12-14-9-10-17(21-5)15(11-14)13-20(4)16-7-6-8-16/h9-11,16,19H,6-8,12-13H2,1-5H3. The molecule has 0 aromatic heterocycles. The first kappa shape index (κ1) is 16.3. The first-order chi connectivity index (χ1) is 9.89. The maximum absolute atomic E-state index is 5.53. The number of hydrogen-bond acceptors (Lipinski definition) is 3. The van der Waals surface area contributed by atoms with E-state index in [4.69, 9.17) is 4.74 Å². The summed E-state index contributed by atoms with van der Waals surface area (Å²) in [6.45, 7) is 8.45. The van der Waals surface area contributed by atoms with Gasteiger partial charge < -0.3 is 10.1 Å². The van der Waals surface area contributed by atoms with Gasteiger partial charge in [-0.3, -0.25) is 4.90 Å². The molecule has 3 nitrogen and oxygen atoms in total. The molecule has 1 fully saturated rings. The number of rotatable bonds is 6. The van der Waals surface area contributed by atoms with E-state index in [0.29, 0.717) is 0 Å². The van der Waals surface area contributed by atoms with Crippen molar-refractivity contribution in [2.45, 2.75) is 64.7 Å². The van der Waals surface area contributed by atoms with Gasteiger partial charge >= 0.3 is 0 Å². The van der Waals surface area contributed by atoms with E-state index in [1.54, 1.807) is 7.11 Å². The summed E-state index contributed by atoms with van der Waals surface area (Å²) in [5.74, 6) is 1.00. The average molecular weight is 290 g/mol. The lowest BCUT2D eigenvalue weighted by atomic mass is 9.91. The van der Waals surface area contributed by atoms with E-state index in [1.807, 2.05) is 0 Å². The molecule has 1 saturated carbocycles. The van der Waals surface area contributed by atoms with Gasteiger partial charge in [-0.05, 0) is 58.4 Å². The largest absolute Gasteiger partial charge is 0.496 e. The summed E-state index contributed by atoms with van der Waals surface area (Å²) in [4.78, 5) is 2.46. The Balaban J connectivity index is 2.06. The molecule has 1 aliphatic carbocycles. The molecule has 0 bridgehead atoms. The van der Waals surface area contributed by atoms with Gasteiger partial charge in [0.2, 0.25) is 0 Å². The summed E-state index contributed by atoms with van der Waals surface area (Å²) < 4.78 is 5.53. The molecule has 0 aliphatic heterocycles. The van der Waals surface area contributed by atoms with Crippen molar-refractivity contribution in [3.8, 4) is 5.75 Å². The molecule has 1 N–H and O–H groups in total. The molecule has 0 unspecified atom stereocenters. The molecule has 1 aromatic carbocycles. The van der Waals surface area contributed by atoms with Crippen LogP contribution in [0.1, 0.15) is 51.2 Å². The van der Waals surface area contributed by atoms with E-state index >= 15 is 0 Å². The van der Waals surface area contributed by atoms with E-state index in [9.17, 15) is 0 Å². The number of benzene rings is 1. The highest BCUT2D eigenvalue weighted by Crippen LogP contribution is 2.28. The number of hydrogen-bond donors (Lipinski definition) is 1. The van der Waals surface area contributed by atoms with E-state index in [2.05, 4.69) is 56.2 Å². The van der Waals surface area contributed by atoms with E-state index in [0.717, 1.165) is 24.9 Å². The quantitative estimate of drug-likeness (QED) is 0.867. The average Bonchev–Trinajstić information content (AvgIpc) is 2.33. The smallest absolute Gasteiger partial charge is 0.123 e. The Morgan fingerprint density at radius 1 is 1.29 bits per heavy atom. The fraction of sp³-hybridized carbons (Fsp3) is 0.667. The van der Waals surface area contributed by atoms with Crippen molar-refractivity contribution in [1.29, 1.82) is 0 Å². The molecule has 0 atom stereocenters. The first-order valence-corrected chi connectivity index (χ1v) is 8.00. The third kappa shape index (κ3) is 4.72. The van der Waals surface area contributed by atoms with Gasteiger partial charge in [0.1, 0.15) is 5.75 Å². The lowest BCUT2D eigenvalue weighted by Crippen LogP contribution is -2.36. The Hall–Kier alpha value is -1.06. The molecule has 0 saturated heterocycles. The summed E-state index contributed by atoms with van der Waals surface area (Å²) in [7, 11) is 3.98. The van der Waals surface area contributed by atoms with Crippen molar-refractivity contribution in [3.05, 3.63) is 29.3 Å². The number of methoxy groups -OCH3 is 1. The second-order valence-corrected chi connectivity index (χ2v) is 7.25. The van der Waals surface area contributed by atoms with Crippen LogP contribution in [0.4, 0.5) is 0 Å². The Kier molecular flexibility index (Phi) is 5.28. The highest BCUT2D eigenvalue weighted by Gasteiger charge is 2.22. The summed E-state index contributed by atoms with van der Waals surface area (Å²) in [5, 5.41) is 3.55. The molecule has 0 heterocycles. The van der Waals surface area contributed by atoms with Crippen LogP contribution in [0, 0.1) is 0 Å². The van der Waals surface area contributed by atoms with Crippen LogP contribution in [0.3, 0.4) is 0 Å². The summed E-state index contributed by atoms with van der Waals surface area (Å²) >= 11 is 0. The highest BCUT2D eigenvalue weighted by molar-refractivity contribution is 5.37. The van der Waals surface area contributed by atoms with Crippen molar-refractivity contribution >= 4 is 0 Å². The van der Waals surface area contributed by atoms with Crippen molar-refractivity contribution in [3.63, 3.8) is 0 Å². The fourth-order valence-electron chi connectivity index (χ4n) is 2.66. The number of ether oxygens (including phenoxy) is 1. The minimum absolute atomic E-state index is 0.142. The van der Waals surface area contributed by atoms with Crippen molar-refractivity contribution in [2.75, 3.05) is 14.2 Å². The van der Waals surface area contributed by atoms with E-state index in [1.165, 1.54) is 30.4 Å². The van der Waals surface area contributed by atoms with E-state index < -0.39 is 0 Å². The van der Waals surface area contributed by atoms with Crippen LogP contribution in [-0.2, 0) is 13.1 Å².